The van der Waals surface area contributed by atoms with E-state index >= 15 is 0 Å². The van der Waals surface area contributed by atoms with Gasteiger partial charge in [0.05, 0.1) is 6.61 Å². The molecule has 0 amide bonds. The van der Waals surface area contributed by atoms with Crippen LogP contribution in [-0.4, -0.2) is 37.2 Å². The first-order chi connectivity index (χ1) is 5.87. The summed E-state index contributed by atoms with van der Waals surface area (Å²) in [5, 5.41) is 0. The average molecular weight is 185 g/mol. The maximum absolute atomic E-state index is 5.26. The SMILES string of the molecule is COCC1(C)CCN(C(C)(C)C)C1. The topological polar surface area (TPSA) is 12.5 Å². The molecule has 0 bridgehead atoms. The highest BCUT2D eigenvalue weighted by Crippen LogP contribution is 2.33. The molecule has 1 aliphatic heterocycles. The summed E-state index contributed by atoms with van der Waals surface area (Å²) in [6.45, 7) is 12.4. The lowest BCUT2D eigenvalue weighted by atomic mass is 9.91. The third kappa shape index (κ3) is 2.68. The Hall–Kier alpha value is -0.0800. The summed E-state index contributed by atoms with van der Waals surface area (Å²) in [5.74, 6) is 0. The molecular weight excluding hydrogens is 162 g/mol. The highest BCUT2D eigenvalue weighted by molar-refractivity contribution is 4.91. The average Bonchev–Trinajstić information content (AvgIpc) is 2.31. The Morgan fingerprint density at radius 2 is 2.00 bits per heavy atom. The molecule has 0 spiro atoms. The van der Waals surface area contributed by atoms with E-state index in [1.54, 1.807) is 7.11 Å². The van der Waals surface area contributed by atoms with Gasteiger partial charge < -0.3 is 4.74 Å². The number of hydrogen-bond donors (Lipinski definition) is 0. The van der Waals surface area contributed by atoms with Crippen molar-refractivity contribution in [1.82, 2.24) is 4.90 Å². The van der Waals surface area contributed by atoms with Gasteiger partial charge in [-0.05, 0) is 33.7 Å². The van der Waals surface area contributed by atoms with E-state index in [0.717, 1.165) is 6.61 Å². The summed E-state index contributed by atoms with van der Waals surface area (Å²) in [7, 11) is 1.80. The summed E-state index contributed by atoms with van der Waals surface area (Å²) < 4.78 is 5.26. The summed E-state index contributed by atoms with van der Waals surface area (Å²) >= 11 is 0. The van der Waals surface area contributed by atoms with E-state index in [-0.39, 0.29) is 0 Å². The fourth-order valence-electron chi connectivity index (χ4n) is 2.06. The Balaban J connectivity index is 2.53. The van der Waals surface area contributed by atoms with Gasteiger partial charge in [-0.3, -0.25) is 4.90 Å². The van der Waals surface area contributed by atoms with Gasteiger partial charge in [-0.2, -0.15) is 0 Å². The minimum Gasteiger partial charge on any atom is -0.384 e. The molecule has 0 aliphatic carbocycles. The van der Waals surface area contributed by atoms with Crippen molar-refractivity contribution in [3.05, 3.63) is 0 Å². The zero-order valence-electron chi connectivity index (χ0n) is 9.68. The molecule has 1 heterocycles. The molecule has 1 fully saturated rings. The lowest BCUT2D eigenvalue weighted by Gasteiger charge is -2.33. The van der Waals surface area contributed by atoms with Crippen LogP contribution in [0.25, 0.3) is 0 Å². The Morgan fingerprint density at radius 1 is 1.38 bits per heavy atom. The molecular formula is C11H23NO. The van der Waals surface area contributed by atoms with Gasteiger partial charge in [-0.15, -0.1) is 0 Å². The molecule has 0 aromatic rings. The van der Waals surface area contributed by atoms with Crippen LogP contribution in [0.5, 0.6) is 0 Å². The summed E-state index contributed by atoms with van der Waals surface area (Å²) in [6.07, 6.45) is 1.26. The molecule has 0 radical (unpaired) electrons. The van der Waals surface area contributed by atoms with Gasteiger partial charge in [0.15, 0.2) is 0 Å². The molecule has 0 saturated carbocycles. The number of hydrogen-bond acceptors (Lipinski definition) is 2. The maximum atomic E-state index is 5.26. The number of methoxy groups -OCH3 is 1. The van der Waals surface area contributed by atoms with Crippen molar-refractivity contribution in [1.29, 1.82) is 0 Å². The second kappa shape index (κ2) is 3.58. The molecule has 0 aromatic heterocycles. The minimum atomic E-state index is 0.311. The van der Waals surface area contributed by atoms with Gasteiger partial charge in [0.1, 0.15) is 0 Å². The second-order valence-electron chi connectivity index (χ2n) is 5.59. The Bertz CT molecular complexity index is 173. The number of nitrogens with zero attached hydrogens (tertiary/aromatic N) is 1. The number of likely N-dealkylation sites (tertiary alicyclic amines) is 1. The monoisotopic (exact) mass is 185 g/mol. The van der Waals surface area contributed by atoms with Gasteiger partial charge in [0.25, 0.3) is 0 Å². The first-order valence-corrected chi connectivity index (χ1v) is 5.11. The smallest absolute Gasteiger partial charge is 0.0528 e. The zero-order chi connectivity index (χ0) is 10.1. The van der Waals surface area contributed by atoms with Crippen LogP contribution < -0.4 is 0 Å². The molecule has 2 heteroatoms. The maximum Gasteiger partial charge on any atom is 0.0528 e. The van der Waals surface area contributed by atoms with E-state index in [0.29, 0.717) is 11.0 Å². The zero-order valence-corrected chi connectivity index (χ0v) is 9.68. The van der Waals surface area contributed by atoms with Crippen molar-refractivity contribution in [2.75, 3.05) is 26.8 Å². The summed E-state index contributed by atoms with van der Waals surface area (Å²) in [5.41, 5.74) is 0.688. The Morgan fingerprint density at radius 3 is 2.38 bits per heavy atom. The fourth-order valence-corrected chi connectivity index (χ4v) is 2.06. The third-order valence-corrected chi connectivity index (χ3v) is 3.00. The Kier molecular flexibility index (Phi) is 3.03. The quantitative estimate of drug-likeness (QED) is 0.653. The normalized spacial score (nSPS) is 31.2. The van der Waals surface area contributed by atoms with E-state index in [2.05, 4.69) is 32.6 Å². The number of ether oxygens (including phenoxy) is 1. The first-order valence-electron chi connectivity index (χ1n) is 5.11. The molecule has 78 valence electrons. The van der Waals surface area contributed by atoms with Gasteiger partial charge in [-0.25, -0.2) is 0 Å². The molecule has 1 unspecified atom stereocenters. The van der Waals surface area contributed by atoms with Crippen LogP contribution in [0.3, 0.4) is 0 Å². The van der Waals surface area contributed by atoms with E-state index in [1.165, 1.54) is 19.5 Å². The van der Waals surface area contributed by atoms with Crippen LogP contribution in [0.1, 0.15) is 34.1 Å². The Labute approximate surface area is 82.3 Å². The third-order valence-electron chi connectivity index (χ3n) is 3.00. The predicted molar refractivity (Wildman–Crippen MR) is 55.9 cm³/mol. The van der Waals surface area contributed by atoms with Crippen LogP contribution in [0, 0.1) is 5.41 Å². The predicted octanol–water partition coefficient (Wildman–Crippen LogP) is 2.14. The van der Waals surface area contributed by atoms with E-state index in [4.69, 9.17) is 4.74 Å². The molecule has 1 atom stereocenters. The summed E-state index contributed by atoms with van der Waals surface area (Å²) in [6, 6.07) is 0. The number of rotatable bonds is 2. The minimum absolute atomic E-state index is 0.311. The van der Waals surface area contributed by atoms with Crippen LogP contribution >= 0.6 is 0 Å². The van der Waals surface area contributed by atoms with Gasteiger partial charge in [0.2, 0.25) is 0 Å². The molecule has 1 rings (SSSR count). The highest BCUT2D eigenvalue weighted by atomic mass is 16.5. The fraction of sp³-hybridized carbons (Fsp3) is 1.00. The highest BCUT2D eigenvalue weighted by Gasteiger charge is 2.37. The van der Waals surface area contributed by atoms with Gasteiger partial charge in [0, 0.05) is 24.6 Å². The van der Waals surface area contributed by atoms with E-state index in [9.17, 15) is 0 Å². The lowest BCUT2D eigenvalue weighted by Crippen LogP contribution is -2.41. The van der Waals surface area contributed by atoms with Crippen molar-refractivity contribution in [3.8, 4) is 0 Å². The molecule has 1 aliphatic rings. The lowest BCUT2D eigenvalue weighted by molar-refractivity contribution is 0.0814. The van der Waals surface area contributed by atoms with Crippen molar-refractivity contribution in [2.45, 2.75) is 39.7 Å². The van der Waals surface area contributed by atoms with Crippen molar-refractivity contribution in [2.24, 2.45) is 5.41 Å². The van der Waals surface area contributed by atoms with E-state index in [1.807, 2.05) is 0 Å². The first kappa shape index (κ1) is 11.0. The van der Waals surface area contributed by atoms with Crippen molar-refractivity contribution >= 4 is 0 Å². The molecule has 2 nitrogen and oxygen atoms in total. The van der Waals surface area contributed by atoms with E-state index < -0.39 is 0 Å². The van der Waals surface area contributed by atoms with Crippen LogP contribution in [0.2, 0.25) is 0 Å². The molecule has 13 heavy (non-hydrogen) atoms. The van der Waals surface area contributed by atoms with Crippen molar-refractivity contribution in [3.63, 3.8) is 0 Å². The largest absolute Gasteiger partial charge is 0.384 e. The van der Waals surface area contributed by atoms with Crippen LogP contribution in [-0.2, 0) is 4.74 Å². The van der Waals surface area contributed by atoms with Gasteiger partial charge in [-0.1, -0.05) is 6.92 Å². The molecule has 0 N–H and O–H groups in total. The van der Waals surface area contributed by atoms with Crippen LogP contribution in [0.15, 0.2) is 0 Å². The van der Waals surface area contributed by atoms with Gasteiger partial charge >= 0.3 is 0 Å². The van der Waals surface area contributed by atoms with Crippen molar-refractivity contribution < 1.29 is 4.74 Å². The standard InChI is InChI=1S/C11H23NO/c1-10(2,3)12-7-6-11(4,8-12)9-13-5/h6-9H2,1-5H3. The molecule has 1 saturated heterocycles. The summed E-state index contributed by atoms with van der Waals surface area (Å²) in [4.78, 5) is 2.55. The van der Waals surface area contributed by atoms with Crippen LogP contribution in [0.4, 0.5) is 0 Å². The molecule has 0 aromatic carbocycles. The second-order valence-corrected chi connectivity index (χ2v) is 5.59.